The van der Waals surface area contributed by atoms with Crippen LogP contribution in [-0.4, -0.2) is 15.9 Å². The van der Waals surface area contributed by atoms with Crippen LogP contribution in [0, 0.1) is 0 Å². The van der Waals surface area contributed by atoms with Gasteiger partial charge in [0.05, 0.1) is 16.8 Å². The molecule has 0 saturated carbocycles. The fraction of sp³-hybridized carbons (Fsp3) is 0.143. The van der Waals surface area contributed by atoms with Gasteiger partial charge in [0, 0.05) is 6.07 Å². The summed E-state index contributed by atoms with van der Waals surface area (Å²) in [6.45, 7) is 0. The molecule has 4 nitrogen and oxygen atoms in total. The molecule has 1 heterocycles. The van der Waals surface area contributed by atoms with Gasteiger partial charge in [-0.2, -0.15) is 0 Å². The molecule has 22 heavy (non-hydrogen) atoms. The first-order valence-corrected chi connectivity index (χ1v) is 7.74. The molecule has 3 N–H and O–H groups in total. The standard InChI is InChI=1S/C14H11Cl4N3O/c15-10-6-2-1-5-9(10)12(22)21-13(14(16,17)18)20-11-7-3-4-8-19-11/h1-8,13H,(H,19,20)(H,21,22)/p+1/t13-/m1/s1. The lowest BCUT2D eigenvalue weighted by Gasteiger charge is -2.22. The van der Waals surface area contributed by atoms with E-state index in [9.17, 15) is 4.79 Å². The number of amides is 1. The summed E-state index contributed by atoms with van der Waals surface area (Å²) < 4.78 is -1.76. The Labute approximate surface area is 147 Å². The van der Waals surface area contributed by atoms with E-state index in [1.165, 1.54) is 0 Å². The van der Waals surface area contributed by atoms with Gasteiger partial charge in [-0.15, -0.1) is 0 Å². The van der Waals surface area contributed by atoms with Crippen molar-refractivity contribution in [1.82, 2.24) is 5.32 Å². The first-order valence-electron chi connectivity index (χ1n) is 6.23. The van der Waals surface area contributed by atoms with Crippen LogP contribution in [0.4, 0.5) is 5.82 Å². The van der Waals surface area contributed by atoms with E-state index < -0.39 is 15.9 Å². The predicted octanol–water partition coefficient (Wildman–Crippen LogP) is 3.69. The van der Waals surface area contributed by atoms with E-state index >= 15 is 0 Å². The second kappa shape index (κ2) is 7.38. The molecule has 2 rings (SSSR count). The average Bonchev–Trinajstić information content (AvgIpc) is 2.47. The molecular formula is C14H12Cl4N3O+. The highest BCUT2D eigenvalue weighted by molar-refractivity contribution is 6.68. The summed E-state index contributed by atoms with van der Waals surface area (Å²) in [6.07, 6.45) is 0.744. The minimum atomic E-state index is -1.76. The zero-order chi connectivity index (χ0) is 16.2. The van der Waals surface area contributed by atoms with Gasteiger partial charge in [0.15, 0.2) is 0 Å². The van der Waals surface area contributed by atoms with Crippen molar-refractivity contribution in [3.8, 4) is 0 Å². The SMILES string of the molecule is O=C(N[C@@H](Nc1cccc[nH+]1)C(Cl)(Cl)Cl)c1ccccc1Cl. The van der Waals surface area contributed by atoms with E-state index in [0.29, 0.717) is 16.4 Å². The Balaban J connectivity index is 2.17. The quantitative estimate of drug-likeness (QED) is 0.628. The maximum Gasteiger partial charge on any atom is 0.273 e. The lowest BCUT2D eigenvalue weighted by molar-refractivity contribution is -0.361. The number of aromatic amines is 1. The van der Waals surface area contributed by atoms with Crippen molar-refractivity contribution in [2.75, 3.05) is 5.32 Å². The second-order valence-electron chi connectivity index (χ2n) is 4.35. The van der Waals surface area contributed by atoms with Crippen LogP contribution in [0.2, 0.25) is 5.02 Å². The number of carbonyl (C=O) groups excluding carboxylic acids is 1. The number of aromatic nitrogens is 1. The van der Waals surface area contributed by atoms with Crippen LogP contribution in [0.1, 0.15) is 10.4 Å². The van der Waals surface area contributed by atoms with E-state index in [4.69, 9.17) is 46.4 Å². The highest BCUT2D eigenvalue weighted by atomic mass is 35.6. The zero-order valence-corrected chi connectivity index (χ0v) is 14.1. The summed E-state index contributed by atoms with van der Waals surface area (Å²) in [5, 5.41) is 5.84. The van der Waals surface area contributed by atoms with E-state index in [0.717, 1.165) is 0 Å². The first-order chi connectivity index (χ1) is 10.4. The van der Waals surface area contributed by atoms with Crippen molar-refractivity contribution in [3.05, 3.63) is 59.2 Å². The number of rotatable bonds is 4. The van der Waals surface area contributed by atoms with Crippen molar-refractivity contribution in [3.63, 3.8) is 0 Å². The number of hydrogen-bond acceptors (Lipinski definition) is 2. The summed E-state index contributed by atoms with van der Waals surface area (Å²) >= 11 is 23.8. The van der Waals surface area contributed by atoms with Crippen LogP contribution in [0.25, 0.3) is 0 Å². The largest absolute Gasteiger partial charge is 0.310 e. The van der Waals surface area contributed by atoms with Crippen LogP contribution in [-0.2, 0) is 0 Å². The molecule has 0 unspecified atom stereocenters. The minimum absolute atomic E-state index is 0.294. The van der Waals surface area contributed by atoms with Gasteiger partial charge in [-0.1, -0.05) is 64.6 Å². The highest BCUT2D eigenvalue weighted by Gasteiger charge is 2.38. The molecule has 0 fully saturated rings. The molecule has 0 radical (unpaired) electrons. The van der Waals surface area contributed by atoms with Crippen LogP contribution in [0.5, 0.6) is 0 Å². The number of benzene rings is 1. The average molecular weight is 380 g/mol. The Morgan fingerprint density at radius 1 is 1.09 bits per heavy atom. The van der Waals surface area contributed by atoms with Gasteiger partial charge in [0.25, 0.3) is 11.7 Å². The fourth-order valence-corrected chi connectivity index (χ4v) is 2.24. The summed E-state index contributed by atoms with van der Waals surface area (Å²) in [5.41, 5.74) is 0.294. The second-order valence-corrected chi connectivity index (χ2v) is 7.12. The van der Waals surface area contributed by atoms with Gasteiger partial charge >= 0.3 is 0 Å². The van der Waals surface area contributed by atoms with Gasteiger partial charge in [0.2, 0.25) is 9.96 Å². The third kappa shape index (κ3) is 4.65. The van der Waals surface area contributed by atoms with Gasteiger partial charge in [-0.25, -0.2) is 10.3 Å². The number of nitrogens with one attached hydrogen (secondary N) is 3. The van der Waals surface area contributed by atoms with Crippen molar-refractivity contribution in [1.29, 1.82) is 0 Å². The molecule has 1 aromatic carbocycles. The van der Waals surface area contributed by atoms with E-state index in [1.807, 2.05) is 0 Å². The lowest BCUT2D eigenvalue weighted by atomic mass is 10.2. The first kappa shape index (κ1) is 17.2. The lowest BCUT2D eigenvalue weighted by Crippen LogP contribution is -2.50. The molecule has 0 saturated heterocycles. The maximum atomic E-state index is 12.3. The van der Waals surface area contributed by atoms with Crippen molar-refractivity contribution in [2.45, 2.75) is 9.96 Å². The Morgan fingerprint density at radius 3 is 2.36 bits per heavy atom. The normalized spacial score (nSPS) is 12.5. The fourth-order valence-electron chi connectivity index (χ4n) is 1.69. The number of carbonyl (C=O) groups is 1. The number of hydrogen-bond donors (Lipinski definition) is 2. The minimum Gasteiger partial charge on any atom is -0.310 e. The Morgan fingerprint density at radius 2 is 1.77 bits per heavy atom. The van der Waals surface area contributed by atoms with Crippen LogP contribution < -0.4 is 15.6 Å². The van der Waals surface area contributed by atoms with Gasteiger partial charge in [-0.05, 0) is 18.2 Å². The molecule has 2 aromatic rings. The summed E-state index contributed by atoms with van der Waals surface area (Å²) in [4.78, 5) is 15.2. The van der Waals surface area contributed by atoms with E-state index in [2.05, 4.69) is 15.6 Å². The van der Waals surface area contributed by atoms with Gasteiger partial charge in [-0.3, -0.25) is 4.79 Å². The summed E-state index contributed by atoms with van der Waals surface area (Å²) in [6, 6.07) is 12.0. The van der Waals surface area contributed by atoms with E-state index in [-0.39, 0.29) is 0 Å². The number of alkyl halides is 3. The third-order valence-corrected chi connectivity index (χ3v) is 3.71. The van der Waals surface area contributed by atoms with Crippen molar-refractivity contribution >= 4 is 58.1 Å². The molecule has 8 heteroatoms. The Hall–Kier alpha value is -1.20. The number of anilines is 1. The third-order valence-electron chi connectivity index (χ3n) is 2.73. The highest BCUT2D eigenvalue weighted by Crippen LogP contribution is 2.31. The Bertz CT molecular complexity index is 646. The molecule has 0 aliphatic rings. The van der Waals surface area contributed by atoms with Gasteiger partial charge < -0.3 is 5.32 Å². The molecule has 0 aliphatic carbocycles. The molecule has 0 aliphatic heterocycles. The summed E-state index contributed by atoms with van der Waals surface area (Å²) in [7, 11) is 0. The van der Waals surface area contributed by atoms with Gasteiger partial charge in [0.1, 0.15) is 0 Å². The van der Waals surface area contributed by atoms with Crippen molar-refractivity contribution < 1.29 is 9.78 Å². The topological polar surface area (TPSA) is 55.3 Å². The van der Waals surface area contributed by atoms with Crippen LogP contribution in [0.15, 0.2) is 48.7 Å². The number of halogens is 4. The molecule has 1 atom stereocenters. The number of pyridine rings is 1. The smallest absolute Gasteiger partial charge is 0.273 e. The number of H-pyrrole nitrogens is 1. The molecule has 0 spiro atoms. The molecule has 1 amide bonds. The maximum absolute atomic E-state index is 12.3. The van der Waals surface area contributed by atoms with Crippen LogP contribution in [0.3, 0.4) is 0 Å². The predicted molar refractivity (Wildman–Crippen MR) is 89.6 cm³/mol. The summed E-state index contributed by atoms with van der Waals surface area (Å²) in [5.74, 6) is 0.128. The monoisotopic (exact) mass is 378 g/mol. The molecule has 116 valence electrons. The zero-order valence-electron chi connectivity index (χ0n) is 11.1. The molecule has 0 bridgehead atoms. The van der Waals surface area contributed by atoms with Crippen LogP contribution >= 0.6 is 46.4 Å². The Kier molecular flexibility index (Phi) is 5.75. The van der Waals surface area contributed by atoms with Crippen molar-refractivity contribution in [2.24, 2.45) is 0 Å². The molecule has 1 aromatic heterocycles. The molecular weight excluding hydrogens is 368 g/mol. The van der Waals surface area contributed by atoms with E-state index in [1.54, 1.807) is 48.7 Å².